The molecule has 0 saturated carbocycles. The van der Waals surface area contributed by atoms with Gasteiger partial charge in [0.2, 0.25) is 0 Å². The SMILES string of the molecule is CCCCCCCCCC(=O)OCn1c(=O)ccc2ccc(CCN3CCN(c4cc(F)cc5sccc45)CC3)cc21. The Morgan fingerprint density at radius 1 is 0.929 bits per heavy atom. The minimum absolute atomic E-state index is 0.0611. The summed E-state index contributed by atoms with van der Waals surface area (Å²) in [5.74, 6) is -0.430. The van der Waals surface area contributed by atoms with Crippen LogP contribution in [0.25, 0.3) is 21.0 Å². The molecule has 2 aromatic carbocycles. The summed E-state index contributed by atoms with van der Waals surface area (Å²) in [5.41, 5.74) is 2.75. The van der Waals surface area contributed by atoms with Gasteiger partial charge in [0.25, 0.3) is 5.56 Å². The topological polar surface area (TPSA) is 54.8 Å². The molecule has 1 saturated heterocycles. The Morgan fingerprint density at radius 2 is 1.69 bits per heavy atom. The Kier molecular flexibility index (Phi) is 10.6. The highest BCUT2D eigenvalue weighted by atomic mass is 32.1. The lowest BCUT2D eigenvalue weighted by atomic mass is 10.1. The van der Waals surface area contributed by atoms with Gasteiger partial charge in [0, 0.05) is 61.0 Å². The molecule has 42 heavy (non-hydrogen) atoms. The van der Waals surface area contributed by atoms with Crippen LogP contribution in [0.1, 0.15) is 63.9 Å². The maximum atomic E-state index is 14.2. The van der Waals surface area contributed by atoms with Crippen LogP contribution in [0, 0.1) is 5.82 Å². The largest absolute Gasteiger partial charge is 0.444 e. The molecular weight excluding hydrogens is 549 g/mol. The Labute approximate surface area is 251 Å². The molecule has 0 aliphatic carbocycles. The number of esters is 1. The number of carbonyl (C=O) groups excluding carboxylic acids is 1. The second-order valence-electron chi connectivity index (χ2n) is 11.3. The summed E-state index contributed by atoms with van der Waals surface area (Å²) in [6, 6.07) is 14.9. The molecule has 6 nitrogen and oxygen atoms in total. The van der Waals surface area contributed by atoms with Crippen molar-refractivity contribution < 1.29 is 13.9 Å². The Balaban J connectivity index is 1.13. The van der Waals surface area contributed by atoms with Gasteiger partial charge in [0.05, 0.1) is 5.52 Å². The van der Waals surface area contributed by atoms with E-state index in [-0.39, 0.29) is 24.1 Å². The highest BCUT2D eigenvalue weighted by Gasteiger charge is 2.20. The number of anilines is 1. The first kappa shape index (κ1) is 30.2. The number of pyridine rings is 1. The van der Waals surface area contributed by atoms with Gasteiger partial charge in [-0.15, -0.1) is 11.3 Å². The molecule has 0 spiro atoms. The summed E-state index contributed by atoms with van der Waals surface area (Å²) in [6.45, 7) is 6.59. The molecule has 0 atom stereocenters. The van der Waals surface area contributed by atoms with Crippen LogP contribution in [-0.2, 0) is 22.7 Å². The Bertz CT molecular complexity index is 1540. The van der Waals surface area contributed by atoms with Crippen molar-refractivity contribution in [2.45, 2.75) is 71.4 Å². The smallest absolute Gasteiger partial charge is 0.307 e. The van der Waals surface area contributed by atoms with Crippen LogP contribution < -0.4 is 10.5 Å². The van der Waals surface area contributed by atoms with Crippen molar-refractivity contribution in [3.63, 3.8) is 0 Å². The summed E-state index contributed by atoms with van der Waals surface area (Å²) >= 11 is 1.58. The van der Waals surface area contributed by atoms with E-state index in [1.54, 1.807) is 28.0 Å². The lowest BCUT2D eigenvalue weighted by Crippen LogP contribution is -2.47. The molecule has 1 aliphatic heterocycles. The third-order valence-corrected chi connectivity index (χ3v) is 9.20. The normalized spacial score (nSPS) is 14.2. The Hall–Kier alpha value is -3.23. The predicted molar refractivity (Wildman–Crippen MR) is 171 cm³/mol. The van der Waals surface area contributed by atoms with Gasteiger partial charge in [-0.05, 0) is 59.5 Å². The standard InChI is InChI=1S/C34H42FN3O3S/c1-2-3-4-5-6-7-8-9-34(40)41-25-38-30-22-26(10-11-27(30)12-13-33(38)39)14-16-36-17-19-37(20-18-36)31-23-28(35)24-32-29(31)15-21-42-32/h10-13,15,21-24H,2-9,14,16-20,25H2,1H3. The van der Waals surface area contributed by atoms with E-state index in [1.807, 2.05) is 17.5 Å². The minimum Gasteiger partial charge on any atom is -0.444 e. The lowest BCUT2D eigenvalue weighted by Gasteiger charge is -2.36. The number of ether oxygens (including phenoxy) is 1. The van der Waals surface area contributed by atoms with Crippen molar-refractivity contribution in [1.29, 1.82) is 0 Å². The van der Waals surface area contributed by atoms with Crippen molar-refractivity contribution >= 4 is 44.0 Å². The Morgan fingerprint density at radius 3 is 2.50 bits per heavy atom. The molecule has 2 aromatic heterocycles. The minimum atomic E-state index is -0.249. The van der Waals surface area contributed by atoms with E-state index in [0.717, 1.165) is 90.6 Å². The van der Waals surface area contributed by atoms with E-state index in [2.05, 4.69) is 34.9 Å². The fourth-order valence-corrected chi connectivity index (χ4v) is 6.67. The molecule has 1 fully saturated rings. The van der Waals surface area contributed by atoms with Gasteiger partial charge in [-0.2, -0.15) is 0 Å². The van der Waals surface area contributed by atoms with Gasteiger partial charge in [-0.1, -0.05) is 57.6 Å². The van der Waals surface area contributed by atoms with Gasteiger partial charge in [-0.3, -0.25) is 19.1 Å². The maximum Gasteiger partial charge on any atom is 0.307 e. The number of halogens is 1. The van der Waals surface area contributed by atoms with E-state index in [4.69, 9.17) is 4.74 Å². The first-order valence-electron chi connectivity index (χ1n) is 15.4. The van der Waals surface area contributed by atoms with Gasteiger partial charge in [-0.25, -0.2) is 4.39 Å². The van der Waals surface area contributed by atoms with E-state index in [1.165, 1.54) is 31.7 Å². The molecule has 4 aromatic rings. The van der Waals surface area contributed by atoms with Crippen LogP contribution in [0.2, 0.25) is 0 Å². The quantitative estimate of drug-likeness (QED) is 0.113. The molecule has 0 bridgehead atoms. The zero-order chi connectivity index (χ0) is 29.3. The number of fused-ring (bicyclic) bond motifs is 2. The zero-order valence-corrected chi connectivity index (χ0v) is 25.5. The third kappa shape index (κ3) is 7.78. The van der Waals surface area contributed by atoms with Gasteiger partial charge in [0.15, 0.2) is 6.73 Å². The van der Waals surface area contributed by atoms with Gasteiger partial charge in [0.1, 0.15) is 5.82 Å². The maximum absolute atomic E-state index is 14.2. The van der Waals surface area contributed by atoms with Crippen LogP contribution in [0.15, 0.2) is 58.7 Å². The zero-order valence-electron chi connectivity index (χ0n) is 24.7. The molecular formula is C34H42FN3O3S. The number of piperazine rings is 1. The van der Waals surface area contributed by atoms with Crippen molar-refractivity contribution in [2.24, 2.45) is 0 Å². The molecule has 224 valence electrons. The van der Waals surface area contributed by atoms with Crippen LogP contribution >= 0.6 is 11.3 Å². The second-order valence-corrected chi connectivity index (χ2v) is 12.3. The van der Waals surface area contributed by atoms with Crippen LogP contribution in [-0.4, -0.2) is 48.2 Å². The summed E-state index contributed by atoms with van der Waals surface area (Å²) in [4.78, 5) is 29.8. The van der Waals surface area contributed by atoms with Crippen molar-refractivity contribution in [3.8, 4) is 0 Å². The van der Waals surface area contributed by atoms with Gasteiger partial charge < -0.3 is 9.64 Å². The number of hydrogen-bond acceptors (Lipinski definition) is 6. The van der Waals surface area contributed by atoms with Crippen LogP contribution in [0.5, 0.6) is 0 Å². The first-order chi connectivity index (χ1) is 20.5. The fraction of sp³-hybridized carbons (Fsp3) is 0.471. The number of unbranched alkanes of at least 4 members (excludes halogenated alkanes) is 6. The average molecular weight is 592 g/mol. The molecule has 1 aliphatic rings. The number of nitrogens with zero attached hydrogens (tertiary/aromatic N) is 3. The van der Waals surface area contributed by atoms with Crippen LogP contribution in [0.4, 0.5) is 10.1 Å². The lowest BCUT2D eigenvalue weighted by molar-refractivity contribution is -0.147. The molecule has 0 N–H and O–H groups in total. The molecule has 0 amide bonds. The van der Waals surface area contributed by atoms with Crippen molar-refractivity contribution in [3.05, 3.63) is 75.6 Å². The first-order valence-corrected chi connectivity index (χ1v) is 16.3. The highest BCUT2D eigenvalue weighted by molar-refractivity contribution is 7.17. The summed E-state index contributed by atoms with van der Waals surface area (Å²) in [6.07, 6.45) is 9.26. The number of aromatic nitrogens is 1. The number of carbonyl (C=O) groups is 1. The van der Waals surface area contributed by atoms with Crippen LogP contribution in [0.3, 0.4) is 0 Å². The fourth-order valence-electron chi connectivity index (χ4n) is 5.84. The molecule has 8 heteroatoms. The van der Waals surface area contributed by atoms with E-state index >= 15 is 0 Å². The summed E-state index contributed by atoms with van der Waals surface area (Å²) in [5, 5.41) is 4.10. The second kappa shape index (κ2) is 14.8. The van der Waals surface area contributed by atoms with Gasteiger partial charge >= 0.3 is 5.97 Å². The van der Waals surface area contributed by atoms with E-state index in [9.17, 15) is 14.0 Å². The molecule has 3 heterocycles. The summed E-state index contributed by atoms with van der Waals surface area (Å²) < 4.78 is 22.3. The predicted octanol–water partition coefficient (Wildman–Crippen LogP) is 7.36. The summed E-state index contributed by atoms with van der Waals surface area (Å²) in [7, 11) is 0. The molecule has 5 rings (SSSR count). The number of benzene rings is 2. The van der Waals surface area contributed by atoms with E-state index in [0.29, 0.717) is 6.42 Å². The average Bonchev–Trinajstić information content (AvgIpc) is 3.47. The van der Waals surface area contributed by atoms with Crippen molar-refractivity contribution in [2.75, 3.05) is 37.6 Å². The molecule has 0 unspecified atom stereocenters. The monoisotopic (exact) mass is 591 g/mol. The molecule has 0 radical (unpaired) electrons. The van der Waals surface area contributed by atoms with E-state index < -0.39 is 0 Å². The number of thiophene rings is 1. The number of rotatable bonds is 14. The highest BCUT2D eigenvalue weighted by Crippen LogP contribution is 2.32. The van der Waals surface area contributed by atoms with Crippen molar-refractivity contribution in [1.82, 2.24) is 9.47 Å². The number of hydrogen-bond donors (Lipinski definition) is 0. The third-order valence-electron chi connectivity index (χ3n) is 8.34.